The van der Waals surface area contributed by atoms with Crippen molar-refractivity contribution in [3.05, 3.63) is 47.2 Å². The number of carbonyl (C=O) groups is 1. The van der Waals surface area contributed by atoms with Crippen molar-refractivity contribution < 1.29 is 13.2 Å². The van der Waals surface area contributed by atoms with Crippen molar-refractivity contribution in [2.45, 2.75) is 62.3 Å². The average Bonchev–Trinajstić information content (AvgIpc) is 3.14. The number of nitrogens with two attached hydrogens (primary N) is 1. The Hall–Kier alpha value is -2.58. The number of imidazole rings is 1. The number of rotatable bonds is 4. The van der Waals surface area contributed by atoms with Crippen molar-refractivity contribution in [1.29, 1.82) is 0 Å². The smallest absolute Gasteiger partial charge is 0.219 e. The summed E-state index contributed by atoms with van der Waals surface area (Å²) in [5, 5.41) is 0.206. The zero-order valence-electron chi connectivity index (χ0n) is 20.0. The van der Waals surface area contributed by atoms with Gasteiger partial charge in [-0.15, -0.1) is 0 Å². The molecule has 7 nitrogen and oxygen atoms in total. The van der Waals surface area contributed by atoms with Crippen LogP contribution >= 0.6 is 11.6 Å². The maximum atomic E-state index is 13.3. The molecule has 0 atom stereocenters. The number of halogens is 1. The molecule has 3 aromatic rings. The average molecular weight is 503 g/mol. The maximum Gasteiger partial charge on any atom is 0.219 e. The summed E-state index contributed by atoms with van der Waals surface area (Å²) >= 11 is 6.07. The van der Waals surface area contributed by atoms with E-state index in [2.05, 4.69) is 25.3 Å². The molecule has 4 rings (SSSR count). The van der Waals surface area contributed by atoms with Crippen LogP contribution in [-0.4, -0.2) is 41.9 Å². The molecule has 0 bridgehead atoms. The van der Waals surface area contributed by atoms with Crippen LogP contribution in [0, 0.1) is 5.92 Å². The lowest BCUT2D eigenvalue weighted by Crippen LogP contribution is -2.38. The topological polar surface area (TPSA) is 98.3 Å². The minimum atomic E-state index is -3.78. The molecule has 2 heterocycles. The molecule has 9 heteroatoms. The van der Waals surface area contributed by atoms with E-state index in [4.69, 9.17) is 22.3 Å². The predicted octanol–water partition coefficient (Wildman–Crippen LogP) is 4.66. The number of fused-ring (bicyclic) bond motifs is 1. The summed E-state index contributed by atoms with van der Waals surface area (Å²) in [5.41, 5.74) is 7.42. The number of carbonyl (C=O) groups excluding carboxylic acids is 1. The van der Waals surface area contributed by atoms with Crippen LogP contribution in [0.1, 0.15) is 46.4 Å². The molecule has 2 aromatic carbocycles. The van der Waals surface area contributed by atoms with E-state index in [1.165, 1.54) is 18.2 Å². The van der Waals surface area contributed by atoms with Gasteiger partial charge >= 0.3 is 0 Å². The Kier molecular flexibility index (Phi) is 6.42. The van der Waals surface area contributed by atoms with Crippen molar-refractivity contribution >= 4 is 44.1 Å². The van der Waals surface area contributed by atoms with Gasteiger partial charge in [0.1, 0.15) is 5.82 Å². The summed E-state index contributed by atoms with van der Waals surface area (Å²) in [6.45, 7) is 10.3. The van der Waals surface area contributed by atoms with Crippen LogP contribution in [0.2, 0.25) is 5.02 Å². The van der Waals surface area contributed by atoms with Gasteiger partial charge in [-0.3, -0.25) is 4.79 Å². The quantitative estimate of drug-likeness (QED) is 0.523. The zero-order valence-corrected chi connectivity index (χ0v) is 21.6. The minimum absolute atomic E-state index is 0.0961. The molecule has 1 aromatic heterocycles. The summed E-state index contributed by atoms with van der Waals surface area (Å²) in [5.74, 6) is 1.47. The Morgan fingerprint density at radius 3 is 2.32 bits per heavy atom. The van der Waals surface area contributed by atoms with Gasteiger partial charge in [-0.2, -0.15) is 0 Å². The highest BCUT2D eigenvalue weighted by atomic mass is 35.5. The molecule has 1 amide bonds. The van der Waals surface area contributed by atoms with E-state index in [0.29, 0.717) is 17.1 Å². The molecule has 0 aliphatic carbocycles. The van der Waals surface area contributed by atoms with Crippen LogP contribution in [0.4, 0.5) is 5.69 Å². The lowest BCUT2D eigenvalue weighted by atomic mass is 9.93. The summed E-state index contributed by atoms with van der Waals surface area (Å²) in [6.07, 6.45) is 1.88. The van der Waals surface area contributed by atoms with Gasteiger partial charge in [-0.25, -0.2) is 13.4 Å². The number of likely N-dealkylation sites (tertiary alicyclic amines) is 1. The number of benzene rings is 2. The molecule has 34 heavy (non-hydrogen) atoms. The van der Waals surface area contributed by atoms with Crippen LogP contribution in [0.15, 0.2) is 46.2 Å². The predicted molar refractivity (Wildman–Crippen MR) is 135 cm³/mol. The third-order valence-corrected chi connectivity index (χ3v) is 8.56. The van der Waals surface area contributed by atoms with Gasteiger partial charge in [-0.1, -0.05) is 32.4 Å². The Bertz CT molecular complexity index is 1350. The standard InChI is InChI=1S/C25H31ClN4O3S/c1-16(31)29-11-9-17(10-12-29)15-30-23-8-6-19(14-22(23)28-24(30)25(2,3)4)34(32,33)18-5-7-21(27)20(26)13-18/h5-8,13-14,17H,9-12,15,27H2,1-4H3. The highest BCUT2D eigenvalue weighted by Crippen LogP contribution is 2.32. The first-order chi connectivity index (χ1) is 15.9. The van der Waals surface area contributed by atoms with Crippen molar-refractivity contribution in [2.24, 2.45) is 5.92 Å². The van der Waals surface area contributed by atoms with Crippen LogP contribution in [0.5, 0.6) is 0 Å². The number of nitrogens with zero attached hydrogens (tertiary/aromatic N) is 3. The fraction of sp³-hybridized carbons (Fsp3) is 0.440. The second-order valence-electron chi connectivity index (χ2n) is 10.1. The van der Waals surface area contributed by atoms with Gasteiger partial charge in [0.25, 0.3) is 0 Å². The molecular weight excluding hydrogens is 472 g/mol. The molecule has 0 saturated carbocycles. The molecular formula is C25H31ClN4O3S. The van der Waals surface area contributed by atoms with Crippen molar-refractivity contribution in [2.75, 3.05) is 18.8 Å². The Morgan fingerprint density at radius 1 is 1.12 bits per heavy atom. The largest absolute Gasteiger partial charge is 0.398 e. The van der Waals surface area contributed by atoms with Gasteiger partial charge in [0.05, 0.1) is 31.5 Å². The van der Waals surface area contributed by atoms with E-state index in [1.54, 1.807) is 19.1 Å². The van der Waals surface area contributed by atoms with Crippen molar-refractivity contribution in [3.63, 3.8) is 0 Å². The number of amides is 1. The highest BCUT2D eigenvalue weighted by Gasteiger charge is 2.28. The fourth-order valence-electron chi connectivity index (χ4n) is 4.53. The van der Waals surface area contributed by atoms with Gasteiger partial charge in [-0.05, 0) is 55.2 Å². The molecule has 1 saturated heterocycles. The van der Waals surface area contributed by atoms with Gasteiger partial charge in [0.2, 0.25) is 15.7 Å². The van der Waals surface area contributed by atoms with Crippen LogP contribution in [0.3, 0.4) is 0 Å². The number of aromatic nitrogens is 2. The normalized spacial score (nSPS) is 15.7. The minimum Gasteiger partial charge on any atom is -0.398 e. The Morgan fingerprint density at radius 2 is 1.74 bits per heavy atom. The van der Waals surface area contributed by atoms with Crippen LogP contribution < -0.4 is 5.73 Å². The number of nitrogen functional groups attached to an aromatic ring is 1. The molecule has 182 valence electrons. The van der Waals surface area contributed by atoms with Crippen LogP contribution in [-0.2, 0) is 26.6 Å². The number of anilines is 1. The number of hydrogen-bond donors (Lipinski definition) is 1. The number of piperidine rings is 1. The SMILES string of the molecule is CC(=O)N1CCC(Cn2c(C(C)(C)C)nc3cc(S(=O)(=O)c4ccc(N)c(Cl)c4)ccc32)CC1. The lowest BCUT2D eigenvalue weighted by Gasteiger charge is -2.32. The third kappa shape index (κ3) is 4.66. The van der Waals surface area contributed by atoms with E-state index >= 15 is 0 Å². The molecule has 1 aliphatic heterocycles. The van der Waals surface area contributed by atoms with Crippen molar-refractivity contribution in [1.82, 2.24) is 14.5 Å². The van der Waals surface area contributed by atoms with Gasteiger partial charge < -0.3 is 15.2 Å². The monoisotopic (exact) mass is 502 g/mol. The summed E-state index contributed by atoms with van der Waals surface area (Å²) in [7, 11) is -3.78. The van der Waals surface area contributed by atoms with E-state index in [0.717, 1.165) is 43.8 Å². The lowest BCUT2D eigenvalue weighted by molar-refractivity contribution is -0.130. The third-order valence-electron chi connectivity index (χ3n) is 6.48. The van der Waals surface area contributed by atoms with Gasteiger partial charge in [0.15, 0.2) is 0 Å². The Balaban J connectivity index is 1.71. The summed E-state index contributed by atoms with van der Waals surface area (Å²) in [6, 6.07) is 9.45. The van der Waals surface area contributed by atoms with Crippen LogP contribution in [0.25, 0.3) is 11.0 Å². The second kappa shape index (κ2) is 8.89. The highest BCUT2D eigenvalue weighted by molar-refractivity contribution is 7.91. The fourth-order valence-corrected chi connectivity index (χ4v) is 6.09. The zero-order chi connectivity index (χ0) is 24.8. The van der Waals surface area contributed by atoms with Gasteiger partial charge in [0, 0.05) is 32.0 Å². The Labute approximate surface area is 205 Å². The first kappa shape index (κ1) is 24.5. The van der Waals surface area contributed by atoms with E-state index in [1.807, 2.05) is 11.0 Å². The summed E-state index contributed by atoms with van der Waals surface area (Å²) in [4.78, 5) is 18.7. The van der Waals surface area contributed by atoms with E-state index < -0.39 is 9.84 Å². The maximum absolute atomic E-state index is 13.3. The first-order valence-electron chi connectivity index (χ1n) is 11.4. The number of hydrogen-bond acceptors (Lipinski definition) is 5. The molecule has 0 unspecified atom stereocenters. The second-order valence-corrected chi connectivity index (χ2v) is 12.4. The van der Waals surface area contributed by atoms with E-state index in [-0.39, 0.29) is 26.1 Å². The molecule has 1 fully saturated rings. The molecule has 2 N–H and O–H groups in total. The molecule has 1 aliphatic rings. The van der Waals surface area contributed by atoms with E-state index in [9.17, 15) is 13.2 Å². The summed E-state index contributed by atoms with van der Waals surface area (Å²) < 4.78 is 28.8. The number of sulfone groups is 1. The molecule has 0 radical (unpaired) electrons. The molecule has 0 spiro atoms. The van der Waals surface area contributed by atoms with Crippen molar-refractivity contribution in [3.8, 4) is 0 Å². The first-order valence-corrected chi connectivity index (χ1v) is 13.3.